The number of esters is 1. The van der Waals surface area contributed by atoms with Gasteiger partial charge in [-0.3, -0.25) is 19.3 Å². The van der Waals surface area contributed by atoms with Gasteiger partial charge in [0.2, 0.25) is 5.91 Å². The molecule has 5 heteroatoms. The number of carbonyl (C=O) groups is 3. The Morgan fingerprint density at radius 2 is 1.70 bits per heavy atom. The Kier molecular flexibility index (Phi) is 5.34. The van der Waals surface area contributed by atoms with Gasteiger partial charge in [-0.05, 0) is 31.1 Å². The maximum absolute atomic E-state index is 12.5. The van der Waals surface area contributed by atoms with E-state index in [4.69, 9.17) is 4.74 Å². The van der Waals surface area contributed by atoms with E-state index in [0.717, 1.165) is 0 Å². The van der Waals surface area contributed by atoms with Crippen LogP contribution in [-0.4, -0.2) is 34.8 Å². The van der Waals surface area contributed by atoms with Crippen LogP contribution in [0, 0.1) is 16.7 Å². The third kappa shape index (κ3) is 5.05. The van der Waals surface area contributed by atoms with Gasteiger partial charge in [0.1, 0.15) is 0 Å². The van der Waals surface area contributed by atoms with Gasteiger partial charge in [-0.25, -0.2) is 0 Å². The first-order valence-corrected chi connectivity index (χ1v) is 8.18. The van der Waals surface area contributed by atoms with Gasteiger partial charge in [-0.1, -0.05) is 41.5 Å². The predicted octanol–water partition coefficient (Wildman–Crippen LogP) is 3.17. The maximum Gasteiger partial charge on any atom is 0.309 e. The summed E-state index contributed by atoms with van der Waals surface area (Å²) in [5.74, 6) is -1.32. The number of hydrogen-bond donors (Lipinski definition) is 0. The van der Waals surface area contributed by atoms with Crippen LogP contribution < -0.4 is 0 Å². The van der Waals surface area contributed by atoms with E-state index < -0.39 is 11.4 Å². The zero-order valence-corrected chi connectivity index (χ0v) is 15.8. The second-order valence-corrected chi connectivity index (χ2v) is 9.40. The number of ether oxygens (including phenoxy) is 1. The van der Waals surface area contributed by atoms with Gasteiger partial charge < -0.3 is 4.74 Å². The molecule has 0 aliphatic carbocycles. The Morgan fingerprint density at radius 1 is 1.17 bits per heavy atom. The Labute approximate surface area is 139 Å². The van der Waals surface area contributed by atoms with Gasteiger partial charge in [0.25, 0.3) is 5.91 Å². The summed E-state index contributed by atoms with van der Waals surface area (Å²) in [6, 6.07) is 0. The van der Waals surface area contributed by atoms with Crippen LogP contribution in [-0.2, 0) is 19.1 Å². The fourth-order valence-corrected chi connectivity index (χ4v) is 2.90. The number of nitrogens with zero attached hydrogens (tertiary/aromatic N) is 1. The predicted molar refractivity (Wildman–Crippen MR) is 88.5 cm³/mol. The van der Waals surface area contributed by atoms with Crippen molar-refractivity contribution in [3.63, 3.8) is 0 Å². The van der Waals surface area contributed by atoms with Crippen molar-refractivity contribution in [2.24, 2.45) is 16.7 Å². The van der Waals surface area contributed by atoms with Gasteiger partial charge in [0.15, 0.2) is 6.61 Å². The molecule has 132 valence electrons. The largest absolute Gasteiger partial charge is 0.455 e. The molecule has 0 aromatic heterocycles. The topological polar surface area (TPSA) is 63.7 Å². The Morgan fingerprint density at radius 3 is 2.04 bits per heavy atom. The second-order valence-electron chi connectivity index (χ2n) is 9.40. The summed E-state index contributed by atoms with van der Waals surface area (Å²) in [7, 11) is 0. The van der Waals surface area contributed by atoms with E-state index in [0.29, 0.717) is 12.8 Å². The van der Waals surface area contributed by atoms with Crippen molar-refractivity contribution in [3.05, 3.63) is 0 Å². The minimum absolute atomic E-state index is 0.0175. The molecular weight excluding hydrogens is 294 g/mol. The first kappa shape index (κ1) is 19.7. The SMILES string of the molecule is CC(C)(C)CC(C(=O)OCC(=O)N1C(=O)CC1(C)C)C(C)(C)C. The molecule has 1 heterocycles. The van der Waals surface area contributed by atoms with Gasteiger partial charge in [-0.2, -0.15) is 0 Å². The van der Waals surface area contributed by atoms with Crippen molar-refractivity contribution in [1.29, 1.82) is 0 Å². The first-order chi connectivity index (χ1) is 10.1. The molecule has 0 aromatic rings. The second kappa shape index (κ2) is 6.25. The van der Waals surface area contributed by atoms with Crippen molar-refractivity contribution < 1.29 is 19.1 Å². The van der Waals surface area contributed by atoms with Crippen LogP contribution in [0.1, 0.15) is 68.2 Å². The van der Waals surface area contributed by atoms with Crippen LogP contribution in [0.4, 0.5) is 0 Å². The van der Waals surface area contributed by atoms with Crippen LogP contribution in [0.5, 0.6) is 0 Å². The Bertz CT molecular complexity index is 494. The molecule has 1 rings (SSSR count). The molecule has 5 nitrogen and oxygen atoms in total. The molecule has 1 atom stereocenters. The monoisotopic (exact) mass is 325 g/mol. The lowest BCUT2D eigenvalue weighted by Gasteiger charge is -2.45. The fraction of sp³-hybridized carbons (Fsp3) is 0.833. The molecule has 0 spiro atoms. The summed E-state index contributed by atoms with van der Waals surface area (Å²) in [6.07, 6.45) is 1.03. The zero-order chi connectivity index (χ0) is 18.2. The van der Waals surface area contributed by atoms with Crippen LogP contribution in [0.3, 0.4) is 0 Å². The minimum atomic E-state index is -0.477. The normalized spacial score (nSPS) is 19.1. The first-order valence-electron chi connectivity index (χ1n) is 8.18. The average molecular weight is 325 g/mol. The molecule has 1 fully saturated rings. The molecule has 1 unspecified atom stereocenters. The fourth-order valence-electron chi connectivity index (χ4n) is 2.90. The molecule has 0 N–H and O–H groups in total. The van der Waals surface area contributed by atoms with Crippen LogP contribution in [0.25, 0.3) is 0 Å². The Hall–Kier alpha value is -1.39. The zero-order valence-electron chi connectivity index (χ0n) is 15.8. The molecular formula is C18H31NO4. The van der Waals surface area contributed by atoms with Gasteiger partial charge in [0.05, 0.1) is 17.9 Å². The summed E-state index contributed by atoms with van der Waals surface area (Å²) in [5, 5.41) is 0. The van der Waals surface area contributed by atoms with E-state index in [2.05, 4.69) is 20.8 Å². The molecule has 0 aromatic carbocycles. The molecule has 1 saturated heterocycles. The maximum atomic E-state index is 12.5. The van der Waals surface area contributed by atoms with Crippen molar-refractivity contribution in [2.75, 3.05) is 6.61 Å². The van der Waals surface area contributed by atoms with E-state index in [-0.39, 0.29) is 35.2 Å². The van der Waals surface area contributed by atoms with Gasteiger partial charge >= 0.3 is 5.97 Å². The lowest BCUT2D eigenvalue weighted by Crippen LogP contribution is -2.63. The Balaban J connectivity index is 2.69. The third-order valence-electron chi connectivity index (χ3n) is 4.17. The van der Waals surface area contributed by atoms with Gasteiger partial charge in [-0.15, -0.1) is 0 Å². The summed E-state index contributed by atoms with van der Waals surface area (Å²) in [5.41, 5.74) is -0.745. The molecule has 1 aliphatic rings. The van der Waals surface area contributed by atoms with E-state index in [1.165, 1.54) is 4.90 Å². The minimum Gasteiger partial charge on any atom is -0.455 e. The molecule has 2 amide bonds. The van der Waals surface area contributed by atoms with E-state index >= 15 is 0 Å². The summed E-state index contributed by atoms with van der Waals surface area (Å²) in [6.45, 7) is 15.5. The highest BCUT2D eigenvalue weighted by molar-refractivity contribution is 6.02. The van der Waals surface area contributed by atoms with E-state index in [1.807, 2.05) is 34.6 Å². The highest BCUT2D eigenvalue weighted by Crippen LogP contribution is 2.37. The van der Waals surface area contributed by atoms with Crippen molar-refractivity contribution >= 4 is 17.8 Å². The molecule has 0 saturated carbocycles. The lowest BCUT2D eigenvalue weighted by atomic mass is 9.72. The number of imide groups is 1. The highest BCUT2D eigenvalue weighted by Gasteiger charge is 2.47. The van der Waals surface area contributed by atoms with Crippen LogP contribution in [0.2, 0.25) is 0 Å². The average Bonchev–Trinajstić information content (AvgIpc) is 2.29. The number of hydrogen-bond acceptors (Lipinski definition) is 4. The molecule has 23 heavy (non-hydrogen) atoms. The van der Waals surface area contributed by atoms with E-state index in [1.54, 1.807) is 0 Å². The van der Waals surface area contributed by atoms with Crippen LogP contribution in [0.15, 0.2) is 0 Å². The van der Waals surface area contributed by atoms with Gasteiger partial charge in [0, 0.05) is 0 Å². The number of β-lactam (4-membered cyclic amide) rings is 1. The number of likely N-dealkylation sites (tertiary alicyclic amines) is 1. The van der Waals surface area contributed by atoms with E-state index in [9.17, 15) is 14.4 Å². The number of amides is 2. The summed E-state index contributed by atoms with van der Waals surface area (Å²) in [4.78, 5) is 37.4. The third-order valence-corrected chi connectivity index (χ3v) is 4.17. The van der Waals surface area contributed by atoms with Crippen molar-refractivity contribution in [2.45, 2.75) is 73.8 Å². The number of carbonyl (C=O) groups excluding carboxylic acids is 3. The quantitative estimate of drug-likeness (QED) is 0.588. The molecule has 1 aliphatic heterocycles. The molecule has 0 radical (unpaired) electrons. The number of rotatable bonds is 4. The summed E-state index contributed by atoms with van der Waals surface area (Å²) < 4.78 is 5.25. The van der Waals surface area contributed by atoms with Crippen LogP contribution >= 0.6 is 0 Å². The van der Waals surface area contributed by atoms with Crippen molar-refractivity contribution in [1.82, 2.24) is 4.90 Å². The summed E-state index contributed by atoms with van der Waals surface area (Å²) >= 11 is 0. The lowest BCUT2D eigenvalue weighted by molar-refractivity contribution is -0.172. The highest BCUT2D eigenvalue weighted by atomic mass is 16.5. The van der Waals surface area contributed by atoms with Crippen molar-refractivity contribution in [3.8, 4) is 0 Å². The smallest absolute Gasteiger partial charge is 0.309 e. The molecule has 0 bridgehead atoms. The standard InChI is InChI=1S/C18H31NO4/c1-16(2,3)9-12(17(4,5)6)15(22)23-11-14(21)19-13(20)10-18(19,7)8/h12H,9-11H2,1-8H3.